The first-order chi connectivity index (χ1) is 11.3. The van der Waals surface area contributed by atoms with Crippen molar-refractivity contribution < 1.29 is 4.43 Å². The standard InChI is InChI=1S/C22H34OSi/c1-15(2)24(16(3)4,17(5)6)23-22(13-14-22)21-18(7)20(21)19-11-9-8-10-12-19/h8-12,15-17,21H,13-14H2,1-7H3. The summed E-state index contributed by atoms with van der Waals surface area (Å²) in [6, 6.07) is 10.9. The maximum atomic E-state index is 7.26. The summed E-state index contributed by atoms with van der Waals surface area (Å²) in [5.41, 5.74) is 6.64. The molecule has 0 bridgehead atoms. The molecule has 0 heterocycles. The summed E-state index contributed by atoms with van der Waals surface area (Å²) in [6.07, 6.45) is 2.48. The van der Waals surface area contributed by atoms with Gasteiger partial charge in [0, 0.05) is 5.92 Å². The van der Waals surface area contributed by atoms with Crippen LogP contribution in [0.1, 0.15) is 66.9 Å². The third-order valence-corrected chi connectivity index (χ3v) is 12.7. The van der Waals surface area contributed by atoms with Crippen LogP contribution in [0.3, 0.4) is 0 Å². The van der Waals surface area contributed by atoms with Crippen molar-refractivity contribution in [3.05, 3.63) is 41.5 Å². The molecule has 0 aliphatic heterocycles. The molecule has 2 aliphatic carbocycles. The van der Waals surface area contributed by atoms with Crippen LogP contribution in [0.25, 0.3) is 5.57 Å². The van der Waals surface area contributed by atoms with Gasteiger partial charge in [-0.05, 0) is 47.5 Å². The summed E-state index contributed by atoms with van der Waals surface area (Å²) in [5.74, 6) is 0.572. The Kier molecular flexibility index (Phi) is 4.59. The summed E-state index contributed by atoms with van der Waals surface area (Å²) in [6.45, 7) is 16.7. The second-order valence-electron chi connectivity index (χ2n) is 8.88. The molecule has 0 spiro atoms. The van der Waals surface area contributed by atoms with E-state index in [9.17, 15) is 0 Å². The lowest BCUT2D eigenvalue weighted by Gasteiger charge is -2.45. The molecule has 1 fully saturated rings. The fourth-order valence-corrected chi connectivity index (χ4v) is 11.0. The molecule has 0 N–H and O–H groups in total. The molecule has 1 saturated carbocycles. The Morgan fingerprint density at radius 1 is 0.917 bits per heavy atom. The van der Waals surface area contributed by atoms with Crippen LogP contribution in [0.2, 0.25) is 16.6 Å². The van der Waals surface area contributed by atoms with Crippen LogP contribution in [0, 0.1) is 5.92 Å². The van der Waals surface area contributed by atoms with Gasteiger partial charge < -0.3 is 4.43 Å². The van der Waals surface area contributed by atoms with Crippen molar-refractivity contribution in [2.24, 2.45) is 5.92 Å². The predicted molar refractivity (Wildman–Crippen MR) is 107 cm³/mol. The molecule has 0 amide bonds. The molecule has 0 radical (unpaired) electrons. The SMILES string of the molecule is CC1=C(c2ccccc2)C1C1(O[Si](C(C)C)(C(C)C)C(C)C)CC1. The molecule has 3 rings (SSSR count). The van der Waals surface area contributed by atoms with Gasteiger partial charge in [-0.15, -0.1) is 0 Å². The average molecular weight is 343 g/mol. The summed E-state index contributed by atoms with van der Waals surface area (Å²) >= 11 is 0. The normalized spacial score (nSPS) is 22.7. The Hall–Kier alpha value is -0.863. The molecule has 0 aromatic heterocycles. The van der Waals surface area contributed by atoms with Crippen molar-refractivity contribution in [2.45, 2.75) is 83.5 Å². The van der Waals surface area contributed by atoms with E-state index in [-0.39, 0.29) is 5.60 Å². The van der Waals surface area contributed by atoms with E-state index in [0.29, 0.717) is 22.5 Å². The molecule has 2 aliphatic rings. The van der Waals surface area contributed by atoms with Gasteiger partial charge in [0.2, 0.25) is 8.32 Å². The molecule has 24 heavy (non-hydrogen) atoms. The minimum atomic E-state index is -1.81. The number of benzene rings is 1. The minimum Gasteiger partial charge on any atom is -0.410 e. The van der Waals surface area contributed by atoms with E-state index >= 15 is 0 Å². The van der Waals surface area contributed by atoms with Gasteiger partial charge in [0.15, 0.2) is 0 Å². The number of hydrogen-bond donors (Lipinski definition) is 0. The molecule has 1 aromatic rings. The molecule has 1 atom stereocenters. The molecular weight excluding hydrogens is 308 g/mol. The van der Waals surface area contributed by atoms with Crippen molar-refractivity contribution in [3.63, 3.8) is 0 Å². The zero-order valence-electron chi connectivity index (χ0n) is 16.5. The summed E-state index contributed by atoms with van der Waals surface area (Å²) < 4.78 is 7.26. The molecule has 2 heteroatoms. The van der Waals surface area contributed by atoms with Crippen molar-refractivity contribution in [1.82, 2.24) is 0 Å². The topological polar surface area (TPSA) is 9.23 Å². The Balaban J connectivity index is 1.85. The molecule has 1 nitrogen and oxygen atoms in total. The first-order valence-electron chi connectivity index (χ1n) is 9.72. The van der Waals surface area contributed by atoms with Crippen LogP contribution >= 0.6 is 0 Å². The largest absolute Gasteiger partial charge is 0.410 e. The van der Waals surface area contributed by atoms with E-state index in [1.807, 2.05) is 0 Å². The van der Waals surface area contributed by atoms with Crippen LogP contribution in [0.5, 0.6) is 0 Å². The predicted octanol–water partition coefficient (Wildman–Crippen LogP) is 6.81. The maximum Gasteiger partial charge on any atom is 0.201 e. The summed E-state index contributed by atoms with van der Waals surface area (Å²) in [5, 5.41) is 0. The Bertz CT molecular complexity index is 601. The van der Waals surface area contributed by atoms with Gasteiger partial charge in [-0.25, -0.2) is 0 Å². The highest BCUT2D eigenvalue weighted by Crippen LogP contribution is 2.65. The van der Waals surface area contributed by atoms with Gasteiger partial charge in [0.1, 0.15) is 0 Å². The third kappa shape index (κ3) is 2.72. The lowest BCUT2D eigenvalue weighted by molar-refractivity contribution is 0.136. The van der Waals surface area contributed by atoms with E-state index in [1.54, 1.807) is 11.1 Å². The molecule has 1 aromatic carbocycles. The van der Waals surface area contributed by atoms with Crippen LogP contribution in [-0.2, 0) is 4.43 Å². The van der Waals surface area contributed by atoms with E-state index in [4.69, 9.17) is 4.43 Å². The maximum absolute atomic E-state index is 7.26. The van der Waals surface area contributed by atoms with Crippen LogP contribution < -0.4 is 0 Å². The Morgan fingerprint density at radius 2 is 1.42 bits per heavy atom. The second-order valence-corrected chi connectivity index (χ2v) is 14.3. The number of hydrogen-bond acceptors (Lipinski definition) is 1. The van der Waals surface area contributed by atoms with E-state index in [2.05, 4.69) is 78.8 Å². The molecule has 1 unspecified atom stereocenters. The quantitative estimate of drug-likeness (QED) is 0.494. The first kappa shape index (κ1) is 17.9. The van der Waals surface area contributed by atoms with Crippen LogP contribution in [0.15, 0.2) is 35.9 Å². The lowest BCUT2D eigenvalue weighted by atomic mass is 10.0. The van der Waals surface area contributed by atoms with Crippen molar-refractivity contribution in [2.75, 3.05) is 0 Å². The zero-order valence-corrected chi connectivity index (χ0v) is 17.5. The van der Waals surface area contributed by atoms with Gasteiger partial charge >= 0.3 is 0 Å². The first-order valence-corrected chi connectivity index (χ1v) is 11.9. The van der Waals surface area contributed by atoms with E-state index in [0.717, 1.165) is 0 Å². The Labute approximate surface area is 149 Å². The van der Waals surface area contributed by atoms with Crippen molar-refractivity contribution in [3.8, 4) is 0 Å². The Morgan fingerprint density at radius 3 is 1.83 bits per heavy atom. The highest BCUT2D eigenvalue weighted by Gasteiger charge is 2.63. The summed E-state index contributed by atoms with van der Waals surface area (Å²) in [4.78, 5) is 0. The highest BCUT2D eigenvalue weighted by molar-refractivity contribution is 6.77. The second kappa shape index (κ2) is 6.14. The van der Waals surface area contributed by atoms with Crippen molar-refractivity contribution in [1.29, 1.82) is 0 Å². The van der Waals surface area contributed by atoms with Gasteiger partial charge in [-0.3, -0.25) is 0 Å². The van der Waals surface area contributed by atoms with E-state index < -0.39 is 8.32 Å². The van der Waals surface area contributed by atoms with Crippen LogP contribution in [0.4, 0.5) is 0 Å². The van der Waals surface area contributed by atoms with Crippen LogP contribution in [-0.4, -0.2) is 13.9 Å². The lowest BCUT2D eigenvalue weighted by Crippen LogP contribution is -2.51. The van der Waals surface area contributed by atoms with Gasteiger partial charge in [-0.2, -0.15) is 0 Å². The molecule has 0 saturated heterocycles. The zero-order chi connectivity index (χ0) is 17.7. The highest BCUT2D eigenvalue weighted by atomic mass is 28.4. The van der Waals surface area contributed by atoms with E-state index in [1.165, 1.54) is 18.4 Å². The number of rotatable bonds is 7. The van der Waals surface area contributed by atoms with Gasteiger partial charge in [-0.1, -0.05) is 77.4 Å². The molecule has 132 valence electrons. The van der Waals surface area contributed by atoms with Gasteiger partial charge in [0.25, 0.3) is 0 Å². The minimum absolute atomic E-state index is 0.125. The fourth-order valence-electron chi connectivity index (χ4n) is 5.28. The monoisotopic (exact) mass is 342 g/mol. The third-order valence-electron chi connectivity index (χ3n) is 6.50. The van der Waals surface area contributed by atoms with Crippen molar-refractivity contribution >= 4 is 13.9 Å². The smallest absolute Gasteiger partial charge is 0.201 e. The average Bonchev–Trinajstić information content (AvgIpc) is 3.41. The molecular formula is C22H34OSi. The van der Waals surface area contributed by atoms with Gasteiger partial charge in [0.05, 0.1) is 5.60 Å². The fraction of sp³-hybridized carbons (Fsp3) is 0.636. The summed E-state index contributed by atoms with van der Waals surface area (Å²) in [7, 11) is -1.81.